The van der Waals surface area contributed by atoms with Gasteiger partial charge < -0.3 is 16.0 Å². The number of anilines is 2. The molecule has 1 fully saturated rings. The van der Waals surface area contributed by atoms with Crippen molar-refractivity contribution in [2.75, 3.05) is 23.3 Å². The lowest BCUT2D eigenvalue weighted by molar-refractivity contribution is 0.495. The third-order valence-electron chi connectivity index (χ3n) is 7.32. The number of nitrogens with one attached hydrogen (secondary N) is 1. The first-order valence-corrected chi connectivity index (χ1v) is 14.0. The van der Waals surface area contributed by atoms with Gasteiger partial charge in [-0.15, -0.1) is 0 Å². The second-order valence-electron chi connectivity index (χ2n) is 10.3. The molecule has 3 heterocycles. The molecule has 0 spiro atoms. The topological polar surface area (TPSA) is 94.0 Å². The van der Waals surface area contributed by atoms with Crippen molar-refractivity contribution in [3.63, 3.8) is 0 Å². The first-order chi connectivity index (χ1) is 19.5. The first-order valence-electron chi connectivity index (χ1n) is 13.6. The highest BCUT2D eigenvalue weighted by molar-refractivity contribution is 6.30. The average Bonchev–Trinajstić information content (AvgIpc) is 3.34. The van der Waals surface area contributed by atoms with Crippen molar-refractivity contribution in [1.82, 2.24) is 19.1 Å². The van der Waals surface area contributed by atoms with E-state index in [0.717, 1.165) is 42.0 Å². The minimum absolute atomic E-state index is 0.0661. The highest BCUT2D eigenvalue weighted by Crippen LogP contribution is 2.25. The average molecular weight is 554 g/mol. The van der Waals surface area contributed by atoms with E-state index in [1.807, 2.05) is 77.4 Å². The lowest BCUT2D eigenvalue weighted by Crippen LogP contribution is -2.44. The molecule has 5 aromatic rings. The summed E-state index contributed by atoms with van der Waals surface area (Å²) in [6, 6.07) is 27.8. The SMILES string of the molecule is NC1CCCN(c2nc3nc(NCc4ccccc4)n(Cc4ccc(Cl)cc4)c(=O)c3n2Cc2ccccc2)C1. The Labute approximate surface area is 238 Å². The fraction of sp³-hybridized carbons (Fsp3) is 0.258. The van der Waals surface area contributed by atoms with Crippen molar-refractivity contribution in [2.24, 2.45) is 5.73 Å². The van der Waals surface area contributed by atoms with Crippen molar-refractivity contribution in [2.45, 2.75) is 38.5 Å². The molecule has 0 saturated carbocycles. The molecule has 40 heavy (non-hydrogen) atoms. The van der Waals surface area contributed by atoms with Gasteiger partial charge in [-0.1, -0.05) is 84.4 Å². The van der Waals surface area contributed by atoms with Crippen LogP contribution in [0, 0.1) is 0 Å². The van der Waals surface area contributed by atoms with Crippen LogP contribution in [0.2, 0.25) is 5.02 Å². The molecule has 1 aliphatic rings. The molecule has 204 valence electrons. The predicted octanol–water partition coefficient (Wildman–Crippen LogP) is 4.88. The Hall–Kier alpha value is -4.14. The zero-order valence-electron chi connectivity index (χ0n) is 22.2. The van der Waals surface area contributed by atoms with Gasteiger partial charge in [-0.05, 0) is 41.7 Å². The van der Waals surface area contributed by atoms with Gasteiger partial charge in [0.2, 0.25) is 11.9 Å². The molecule has 0 radical (unpaired) electrons. The molecule has 0 bridgehead atoms. The lowest BCUT2D eigenvalue weighted by Gasteiger charge is -2.31. The van der Waals surface area contributed by atoms with Gasteiger partial charge in [-0.25, -0.2) is 0 Å². The van der Waals surface area contributed by atoms with Crippen LogP contribution in [0.3, 0.4) is 0 Å². The number of fused-ring (bicyclic) bond motifs is 1. The number of rotatable bonds is 8. The summed E-state index contributed by atoms with van der Waals surface area (Å²) in [4.78, 5) is 26.4. The standard InChI is InChI=1S/C31H32ClN7O/c32-25-15-13-24(14-16-25)20-39-29(40)27-28(35-30(39)34-18-22-8-3-1-4-9-22)36-31(37-17-7-12-26(33)21-37)38(27)19-23-10-5-2-6-11-23/h1-6,8-11,13-16,26H,7,12,17-21,33H2,(H,34,35). The number of imidazole rings is 1. The van der Waals surface area contributed by atoms with E-state index in [2.05, 4.69) is 22.3 Å². The van der Waals surface area contributed by atoms with Crippen LogP contribution >= 0.6 is 11.6 Å². The van der Waals surface area contributed by atoms with Crippen LogP contribution in [0.4, 0.5) is 11.9 Å². The van der Waals surface area contributed by atoms with Crippen LogP contribution in [0.25, 0.3) is 11.2 Å². The number of nitrogens with zero attached hydrogens (tertiary/aromatic N) is 5. The molecule has 1 atom stereocenters. The van der Waals surface area contributed by atoms with Gasteiger partial charge in [0, 0.05) is 30.7 Å². The Kier molecular flexibility index (Phi) is 7.53. The second-order valence-corrected chi connectivity index (χ2v) is 10.7. The van der Waals surface area contributed by atoms with E-state index in [9.17, 15) is 4.79 Å². The van der Waals surface area contributed by atoms with E-state index in [-0.39, 0.29) is 11.6 Å². The summed E-state index contributed by atoms with van der Waals surface area (Å²) >= 11 is 6.14. The fourth-order valence-corrected chi connectivity index (χ4v) is 5.41. The smallest absolute Gasteiger partial charge is 0.281 e. The summed E-state index contributed by atoms with van der Waals surface area (Å²) in [6.45, 7) is 2.90. The summed E-state index contributed by atoms with van der Waals surface area (Å²) < 4.78 is 3.71. The molecule has 1 aliphatic heterocycles. The predicted molar refractivity (Wildman–Crippen MR) is 161 cm³/mol. The highest BCUT2D eigenvalue weighted by atomic mass is 35.5. The molecule has 3 N–H and O–H groups in total. The van der Waals surface area contributed by atoms with Crippen molar-refractivity contribution >= 4 is 34.7 Å². The molecule has 8 nitrogen and oxygen atoms in total. The van der Waals surface area contributed by atoms with Gasteiger partial charge in [0.1, 0.15) is 0 Å². The van der Waals surface area contributed by atoms with Gasteiger partial charge in [-0.3, -0.25) is 13.9 Å². The molecule has 6 rings (SSSR count). The first kappa shape index (κ1) is 26.1. The Morgan fingerprint density at radius 3 is 2.20 bits per heavy atom. The van der Waals surface area contributed by atoms with Crippen LogP contribution in [0.1, 0.15) is 29.5 Å². The lowest BCUT2D eigenvalue weighted by atomic mass is 10.1. The van der Waals surface area contributed by atoms with Crippen LogP contribution in [0.15, 0.2) is 89.7 Å². The summed E-state index contributed by atoms with van der Waals surface area (Å²) in [5.41, 5.74) is 10.2. The number of halogens is 1. The summed E-state index contributed by atoms with van der Waals surface area (Å²) in [7, 11) is 0. The van der Waals surface area contributed by atoms with Crippen LogP contribution in [-0.4, -0.2) is 38.2 Å². The minimum Gasteiger partial charge on any atom is -0.351 e. The molecule has 0 aliphatic carbocycles. The molecule has 1 unspecified atom stereocenters. The maximum atomic E-state index is 14.4. The van der Waals surface area contributed by atoms with Gasteiger partial charge in [0.05, 0.1) is 13.1 Å². The van der Waals surface area contributed by atoms with Crippen molar-refractivity contribution in [1.29, 1.82) is 0 Å². The number of benzene rings is 3. The van der Waals surface area contributed by atoms with Crippen LogP contribution in [0.5, 0.6) is 0 Å². The summed E-state index contributed by atoms with van der Waals surface area (Å²) in [5, 5.41) is 4.05. The molecular weight excluding hydrogens is 522 g/mol. The fourth-order valence-electron chi connectivity index (χ4n) is 5.28. The van der Waals surface area contributed by atoms with E-state index in [1.165, 1.54) is 0 Å². The number of aromatic nitrogens is 4. The largest absolute Gasteiger partial charge is 0.351 e. The van der Waals surface area contributed by atoms with Gasteiger partial charge in [0.15, 0.2) is 11.2 Å². The molecule has 0 amide bonds. The molecule has 1 saturated heterocycles. The Balaban J connectivity index is 1.50. The molecular formula is C31H32ClN7O. The minimum atomic E-state index is -0.147. The number of nitrogens with two attached hydrogens (primary N) is 1. The number of hydrogen-bond donors (Lipinski definition) is 2. The Bertz CT molecular complexity index is 1650. The summed E-state index contributed by atoms with van der Waals surface area (Å²) in [5.74, 6) is 1.21. The number of piperidine rings is 1. The van der Waals surface area contributed by atoms with Crippen molar-refractivity contribution in [3.05, 3.63) is 117 Å². The van der Waals surface area contributed by atoms with Gasteiger partial charge in [0.25, 0.3) is 5.56 Å². The second kappa shape index (κ2) is 11.5. The summed E-state index contributed by atoms with van der Waals surface area (Å²) in [6.07, 6.45) is 1.96. The molecule has 3 aromatic carbocycles. The monoisotopic (exact) mass is 553 g/mol. The quantitative estimate of drug-likeness (QED) is 0.284. The zero-order chi connectivity index (χ0) is 27.5. The molecule has 9 heteroatoms. The van der Waals surface area contributed by atoms with Gasteiger partial charge >= 0.3 is 0 Å². The Morgan fingerprint density at radius 1 is 0.850 bits per heavy atom. The van der Waals surface area contributed by atoms with E-state index in [4.69, 9.17) is 27.3 Å². The number of hydrogen-bond acceptors (Lipinski definition) is 6. The third kappa shape index (κ3) is 5.59. The van der Waals surface area contributed by atoms with E-state index in [1.54, 1.807) is 4.57 Å². The highest BCUT2D eigenvalue weighted by Gasteiger charge is 2.26. The van der Waals surface area contributed by atoms with E-state index < -0.39 is 0 Å². The maximum absolute atomic E-state index is 14.4. The molecule has 2 aromatic heterocycles. The Morgan fingerprint density at radius 2 is 1.50 bits per heavy atom. The van der Waals surface area contributed by atoms with E-state index in [0.29, 0.717) is 48.3 Å². The third-order valence-corrected chi connectivity index (χ3v) is 7.57. The maximum Gasteiger partial charge on any atom is 0.281 e. The van der Waals surface area contributed by atoms with E-state index >= 15 is 0 Å². The van der Waals surface area contributed by atoms with Crippen LogP contribution in [-0.2, 0) is 19.6 Å². The zero-order valence-corrected chi connectivity index (χ0v) is 23.0. The van der Waals surface area contributed by atoms with Crippen molar-refractivity contribution in [3.8, 4) is 0 Å². The van der Waals surface area contributed by atoms with Gasteiger partial charge in [-0.2, -0.15) is 9.97 Å². The van der Waals surface area contributed by atoms with Crippen molar-refractivity contribution < 1.29 is 0 Å². The normalized spacial score (nSPS) is 15.4. The van der Waals surface area contributed by atoms with Crippen LogP contribution < -0.4 is 21.5 Å².